The summed E-state index contributed by atoms with van der Waals surface area (Å²) in [7, 11) is 0. The average molecular weight is 341 g/mol. The van der Waals surface area contributed by atoms with Gasteiger partial charge in [0.25, 0.3) is 0 Å². The molecule has 1 unspecified atom stereocenters. The van der Waals surface area contributed by atoms with E-state index in [0.717, 1.165) is 25.9 Å². The summed E-state index contributed by atoms with van der Waals surface area (Å²) in [6, 6.07) is 0. The van der Waals surface area contributed by atoms with Crippen LogP contribution >= 0.6 is 0 Å². The minimum atomic E-state index is -0.399. The van der Waals surface area contributed by atoms with Gasteiger partial charge in [0.15, 0.2) is 0 Å². The minimum absolute atomic E-state index is 0.163. The van der Waals surface area contributed by atoms with Crippen LogP contribution in [0.15, 0.2) is 11.6 Å². The molecule has 5 nitrogen and oxygen atoms in total. The molecule has 1 aliphatic rings. The molecule has 0 bridgehead atoms. The van der Waals surface area contributed by atoms with Crippen LogP contribution in [0, 0.1) is 5.92 Å². The lowest BCUT2D eigenvalue weighted by Crippen LogP contribution is -2.42. The molecule has 0 aromatic rings. The summed E-state index contributed by atoms with van der Waals surface area (Å²) in [6.07, 6.45) is 5.47. The van der Waals surface area contributed by atoms with Gasteiger partial charge in [-0.25, -0.2) is 4.79 Å². The molecule has 5 heteroatoms. The summed E-state index contributed by atoms with van der Waals surface area (Å²) in [6.45, 7) is 15.3. The predicted octanol–water partition coefficient (Wildman–Crippen LogP) is 4.56. The van der Waals surface area contributed by atoms with Crippen molar-refractivity contribution in [2.24, 2.45) is 5.92 Å². The van der Waals surface area contributed by atoms with Gasteiger partial charge in [-0.15, -0.1) is 0 Å². The molecule has 1 amide bonds. The van der Waals surface area contributed by atoms with Gasteiger partial charge >= 0.3 is 12.1 Å². The van der Waals surface area contributed by atoms with Crippen LogP contribution in [0.5, 0.6) is 0 Å². The maximum absolute atomic E-state index is 12.0. The number of allylic oxidation sites excluding steroid dienone is 2. The Morgan fingerprint density at radius 1 is 1.21 bits per heavy atom. The first-order valence-electron chi connectivity index (χ1n) is 8.79. The van der Waals surface area contributed by atoms with Gasteiger partial charge in [0.05, 0.1) is 6.61 Å². The summed E-state index contributed by atoms with van der Waals surface area (Å²) in [4.78, 5) is 23.7. The van der Waals surface area contributed by atoms with Crippen LogP contribution in [0.3, 0.4) is 0 Å². The number of carbonyl (C=O) groups is 2. The van der Waals surface area contributed by atoms with Crippen molar-refractivity contribution in [3.63, 3.8) is 0 Å². The zero-order chi connectivity index (χ0) is 18.8. The second-order valence-corrected chi connectivity index (χ2v) is 7.38. The van der Waals surface area contributed by atoms with Gasteiger partial charge in [-0.05, 0) is 66.7 Å². The predicted molar refractivity (Wildman–Crippen MR) is 96.9 cm³/mol. The third-order valence-electron chi connectivity index (χ3n) is 3.38. The molecule has 0 aromatic carbocycles. The molecule has 1 aliphatic heterocycles. The highest BCUT2D eigenvalue weighted by molar-refractivity contribution is 5.68. The Bertz CT molecular complexity index is 420. The molecule has 0 radical (unpaired) electrons. The molecular weight excluding hydrogens is 306 g/mol. The minimum Gasteiger partial charge on any atom is -0.466 e. The zero-order valence-corrected chi connectivity index (χ0v) is 16.5. The molecular formula is C19H35NO4. The maximum Gasteiger partial charge on any atom is 0.410 e. The summed E-state index contributed by atoms with van der Waals surface area (Å²) in [5.41, 5.74) is 0.952. The van der Waals surface area contributed by atoms with Crippen molar-refractivity contribution in [1.29, 1.82) is 0 Å². The van der Waals surface area contributed by atoms with Gasteiger partial charge < -0.3 is 14.4 Å². The molecule has 1 rings (SSSR count). The van der Waals surface area contributed by atoms with Crippen LogP contribution in [0.25, 0.3) is 0 Å². The van der Waals surface area contributed by atoms with Crippen molar-refractivity contribution in [3.8, 4) is 0 Å². The molecule has 1 heterocycles. The molecule has 1 atom stereocenters. The fraction of sp³-hybridized carbons (Fsp3) is 0.789. The van der Waals surface area contributed by atoms with Crippen molar-refractivity contribution in [1.82, 2.24) is 4.90 Å². The van der Waals surface area contributed by atoms with Crippen LogP contribution in [-0.4, -0.2) is 42.3 Å². The number of rotatable bonds is 3. The first kappa shape index (κ1) is 22.5. The fourth-order valence-electron chi connectivity index (χ4n) is 2.36. The number of esters is 1. The van der Waals surface area contributed by atoms with Crippen LogP contribution in [0.1, 0.15) is 67.7 Å². The van der Waals surface area contributed by atoms with E-state index in [1.807, 2.05) is 25.7 Å². The standard InChI is InChI=1S/C15H27NO2.C4H8O2/c1-12(2)8-9-13-7-6-10-16(11-13)14(17)18-15(3,4)5;1-3-6-4(2)5/h8,13H,6-7,9-11H2,1-5H3;3H2,1-2H3. The Morgan fingerprint density at radius 3 is 2.25 bits per heavy atom. The molecule has 1 fully saturated rings. The first-order valence-corrected chi connectivity index (χ1v) is 8.79. The highest BCUT2D eigenvalue weighted by Gasteiger charge is 2.26. The topological polar surface area (TPSA) is 55.8 Å². The molecule has 24 heavy (non-hydrogen) atoms. The van der Waals surface area contributed by atoms with E-state index in [2.05, 4.69) is 24.7 Å². The Labute approximate surface area is 147 Å². The highest BCUT2D eigenvalue weighted by Crippen LogP contribution is 2.22. The van der Waals surface area contributed by atoms with Crippen molar-refractivity contribution < 1.29 is 19.1 Å². The van der Waals surface area contributed by atoms with Gasteiger partial charge in [0.2, 0.25) is 0 Å². The number of nitrogens with zero attached hydrogens (tertiary/aromatic N) is 1. The van der Waals surface area contributed by atoms with Gasteiger partial charge in [0, 0.05) is 20.0 Å². The second-order valence-electron chi connectivity index (χ2n) is 7.38. The number of carbonyl (C=O) groups excluding carboxylic acids is 2. The van der Waals surface area contributed by atoms with Crippen LogP contribution in [-0.2, 0) is 14.3 Å². The SMILES string of the molecule is CC(C)=CCC1CCCN(C(=O)OC(C)(C)C)C1.CCOC(C)=O. The zero-order valence-electron chi connectivity index (χ0n) is 16.5. The van der Waals surface area contributed by atoms with Gasteiger partial charge in [-0.1, -0.05) is 11.6 Å². The molecule has 0 spiro atoms. The molecule has 140 valence electrons. The lowest BCUT2D eigenvalue weighted by Gasteiger charge is -2.33. The normalized spacial score (nSPS) is 17.3. The molecule has 0 N–H and O–H groups in total. The Morgan fingerprint density at radius 2 is 1.83 bits per heavy atom. The average Bonchev–Trinajstić information content (AvgIpc) is 2.44. The summed E-state index contributed by atoms with van der Waals surface area (Å²) < 4.78 is 9.83. The van der Waals surface area contributed by atoms with E-state index in [1.54, 1.807) is 6.92 Å². The number of ether oxygens (including phenoxy) is 2. The van der Waals surface area contributed by atoms with E-state index >= 15 is 0 Å². The van der Waals surface area contributed by atoms with Crippen LogP contribution in [0.4, 0.5) is 4.79 Å². The fourth-order valence-corrected chi connectivity index (χ4v) is 2.36. The van der Waals surface area contributed by atoms with E-state index < -0.39 is 5.60 Å². The maximum atomic E-state index is 12.0. The number of piperidine rings is 1. The van der Waals surface area contributed by atoms with Gasteiger partial charge in [-0.3, -0.25) is 4.79 Å². The summed E-state index contributed by atoms with van der Waals surface area (Å²) >= 11 is 0. The van der Waals surface area contributed by atoms with E-state index in [9.17, 15) is 9.59 Å². The Kier molecular flexibility index (Phi) is 10.4. The largest absolute Gasteiger partial charge is 0.466 e. The van der Waals surface area contributed by atoms with Crippen molar-refractivity contribution >= 4 is 12.1 Å². The number of hydrogen-bond acceptors (Lipinski definition) is 4. The number of likely N-dealkylation sites (tertiary alicyclic amines) is 1. The number of hydrogen-bond donors (Lipinski definition) is 0. The molecule has 1 saturated heterocycles. The third-order valence-corrected chi connectivity index (χ3v) is 3.38. The van der Waals surface area contributed by atoms with Crippen molar-refractivity contribution in [3.05, 3.63) is 11.6 Å². The third kappa shape index (κ3) is 12.0. The lowest BCUT2D eigenvalue weighted by molar-refractivity contribution is -0.140. The van der Waals surface area contributed by atoms with Gasteiger partial charge in [-0.2, -0.15) is 0 Å². The molecule has 0 aliphatic carbocycles. The first-order chi connectivity index (χ1) is 11.0. The van der Waals surface area contributed by atoms with E-state index in [-0.39, 0.29) is 12.1 Å². The van der Waals surface area contributed by atoms with E-state index in [4.69, 9.17) is 4.74 Å². The summed E-state index contributed by atoms with van der Waals surface area (Å²) in [5.74, 6) is 0.374. The summed E-state index contributed by atoms with van der Waals surface area (Å²) in [5, 5.41) is 0. The quantitative estimate of drug-likeness (QED) is 0.558. The Hall–Kier alpha value is -1.52. The second kappa shape index (κ2) is 11.1. The monoisotopic (exact) mass is 341 g/mol. The smallest absolute Gasteiger partial charge is 0.410 e. The highest BCUT2D eigenvalue weighted by atomic mass is 16.6. The van der Waals surface area contributed by atoms with E-state index in [1.165, 1.54) is 18.9 Å². The van der Waals surface area contributed by atoms with Crippen LogP contribution in [0.2, 0.25) is 0 Å². The van der Waals surface area contributed by atoms with Crippen molar-refractivity contribution in [2.75, 3.05) is 19.7 Å². The van der Waals surface area contributed by atoms with Gasteiger partial charge in [0.1, 0.15) is 5.60 Å². The van der Waals surface area contributed by atoms with E-state index in [0.29, 0.717) is 12.5 Å². The number of amides is 1. The molecule has 0 aromatic heterocycles. The lowest BCUT2D eigenvalue weighted by atomic mass is 9.94. The molecule has 0 saturated carbocycles. The van der Waals surface area contributed by atoms with Crippen LogP contribution < -0.4 is 0 Å². The Balaban J connectivity index is 0.000000754. The van der Waals surface area contributed by atoms with Crippen molar-refractivity contribution in [2.45, 2.75) is 73.3 Å².